The standard InChI is InChI=1S/C23H14O2/c1-3-17-15-16-18(4-2)22-21(17)24-23(25-22,19-11-7-5-8-12-19)20-13-9-6-10-14-20/h1-2,5-16H. The van der Waals surface area contributed by atoms with E-state index in [0.29, 0.717) is 22.6 Å². The normalized spacial score (nSPS) is 13.7. The first-order valence-electron chi connectivity index (χ1n) is 7.88. The van der Waals surface area contributed by atoms with Gasteiger partial charge in [0, 0.05) is 11.1 Å². The molecule has 1 heterocycles. The van der Waals surface area contributed by atoms with Crippen molar-refractivity contribution in [2.75, 3.05) is 0 Å². The van der Waals surface area contributed by atoms with E-state index in [-0.39, 0.29) is 0 Å². The minimum atomic E-state index is -1.12. The fourth-order valence-corrected chi connectivity index (χ4v) is 3.02. The van der Waals surface area contributed by atoms with E-state index >= 15 is 0 Å². The van der Waals surface area contributed by atoms with Crippen molar-refractivity contribution in [1.29, 1.82) is 0 Å². The number of hydrogen-bond donors (Lipinski definition) is 0. The minimum absolute atomic E-state index is 0.505. The average Bonchev–Trinajstić information content (AvgIpc) is 3.10. The zero-order valence-corrected chi connectivity index (χ0v) is 13.4. The van der Waals surface area contributed by atoms with Crippen LogP contribution >= 0.6 is 0 Å². The molecule has 4 rings (SSSR count). The molecule has 0 amide bonds. The summed E-state index contributed by atoms with van der Waals surface area (Å²) in [5.41, 5.74) is 2.96. The monoisotopic (exact) mass is 322 g/mol. The van der Waals surface area contributed by atoms with Gasteiger partial charge in [-0.15, -0.1) is 12.8 Å². The van der Waals surface area contributed by atoms with E-state index in [0.717, 1.165) is 11.1 Å². The van der Waals surface area contributed by atoms with Gasteiger partial charge in [0.1, 0.15) is 0 Å². The number of fused-ring (bicyclic) bond motifs is 1. The second-order valence-corrected chi connectivity index (χ2v) is 5.66. The molecule has 1 aliphatic rings. The summed E-state index contributed by atoms with van der Waals surface area (Å²) in [6.07, 6.45) is 11.3. The van der Waals surface area contributed by atoms with Crippen molar-refractivity contribution < 1.29 is 9.47 Å². The van der Waals surface area contributed by atoms with Gasteiger partial charge in [-0.3, -0.25) is 0 Å². The highest BCUT2D eigenvalue weighted by atomic mass is 16.7. The van der Waals surface area contributed by atoms with Crippen molar-refractivity contribution in [3.8, 4) is 36.2 Å². The fourth-order valence-electron chi connectivity index (χ4n) is 3.02. The van der Waals surface area contributed by atoms with Crippen molar-refractivity contribution in [2.45, 2.75) is 5.79 Å². The molecule has 0 radical (unpaired) electrons. The van der Waals surface area contributed by atoms with Gasteiger partial charge in [0.25, 0.3) is 0 Å². The molecule has 0 unspecified atom stereocenters. The van der Waals surface area contributed by atoms with Crippen LogP contribution in [0.2, 0.25) is 0 Å². The molecule has 0 atom stereocenters. The highest BCUT2D eigenvalue weighted by molar-refractivity contribution is 5.64. The highest BCUT2D eigenvalue weighted by Crippen LogP contribution is 2.50. The largest absolute Gasteiger partial charge is 0.439 e. The van der Waals surface area contributed by atoms with Crippen LogP contribution in [0.3, 0.4) is 0 Å². The molecule has 0 saturated carbocycles. The summed E-state index contributed by atoms with van der Waals surface area (Å²) >= 11 is 0. The van der Waals surface area contributed by atoms with E-state index in [4.69, 9.17) is 22.3 Å². The predicted octanol–water partition coefficient (Wildman–Crippen LogP) is 4.32. The molecular weight excluding hydrogens is 308 g/mol. The molecule has 2 heteroatoms. The number of benzene rings is 3. The summed E-state index contributed by atoms with van der Waals surface area (Å²) < 4.78 is 12.7. The molecule has 0 fully saturated rings. The van der Waals surface area contributed by atoms with Gasteiger partial charge in [0.15, 0.2) is 11.5 Å². The first-order chi connectivity index (χ1) is 12.3. The maximum atomic E-state index is 6.37. The topological polar surface area (TPSA) is 18.5 Å². The SMILES string of the molecule is C#Cc1ccc(C#C)c2c1OC(c1ccccc1)(c1ccccc1)O2. The molecular formula is C23H14O2. The zero-order valence-electron chi connectivity index (χ0n) is 13.4. The second kappa shape index (κ2) is 5.78. The number of hydrogen-bond acceptors (Lipinski definition) is 2. The van der Waals surface area contributed by atoms with Crippen molar-refractivity contribution in [1.82, 2.24) is 0 Å². The Morgan fingerprint density at radius 2 is 1.00 bits per heavy atom. The van der Waals surface area contributed by atoms with Crippen LogP contribution in [-0.2, 0) is 5.79 Å². The van der Waals surface area contributed by atoms with E-state index in [9.17, 15) is 0 Å². The number of terminal acetylenes is 2. The number of rotatable bonds is 2. The fraction of sp³-hybridized carbons (Fsp3) is 0.0435. The molecule has 0 aliphatic carbocycles. The molecule has 1 aliphatic heterocycles. The molecule has 0 spiro atoms. The molecule has 0 N–H and O–H groups in total. The van der Waals surface area contributed by atoms with Crippen LogP contribution in [0.25, 0.3) is 0 Å². The Bertz CT molecular complexity index is 921. The van der Waals surface area contributed by atoms with Gasteiger partial charge < -0.3 is 9.47 Å². The van der Waals surface area contributed by atoms with Crippen LogP contribution < -0.4 is 9.47 Å². The van der Waals surface area contributed by atoms with Crippen LogP contribution in [0, 0.1) is 24.7 Å². The zero-order chi connectivity index (χ0) is 17.3. The predicted molar refractivity (Wildman–Crippen MR) is 97.2 cm³/mol. The van der Waals surface area contributed by atoms with E-state index in [1.807, 2.05) is 60.7 Å². The average molecular weight is 322 g/mol. The van der Waals surface area contributed by atoms with Crippen molar-refractivity contribution in [3.05, 3.63) is 95.1 Å². The third-order valence-electron chi connectivity index (χ3n) is 4.22. The van der Waals surface area contributed by atoms with E-state index in [1.165, 1.54) is 0 Å². The van der Waals surface area contributed by atoms with Gasteiger partial charge in [-0.25, -0.2) is 0 Å². The van der Waals surface area contributed by atoms with Gasteiger partial charge in [-0.2, -0.15) is 0 Å². The van der Waals surface area contributed by atoms with Crippen LogP contribution in [0.4, 0.5) is 0 Å². The van der Waals surface area contributed by atoms with E-state index in [1.54, 1.807) is 12.1 Å². The quantitative estimate of drug-likeness (QED) is 0.654. The summed E-state index contributed by atoms with van der Waals surface area (Å²) in [6, 6.07) is 23.1. The lowest BCUT2D eigenvalue weighted by Gasteiger charge is -2.28. The molecule has 2 nitrogen and oxygen atoms in total. The Balaban J connectivity index is 1.97. The minimum Gasteiger partial charge on any atom is -0.439 e. The van der Waals surface area contributed by atoms with Gasteiger partial charge in [0.2, 0.25) is 0 Å². The Morgan fingerprint density at radius 1 is 0.600 bits per heavy atom. The van der Waals surface area contributed by atoms with Gasteiger partial charge >= 0.3 is 5.79 Å². The molecule has 0 aromatic heterocycles. The Hall–Kier alpha value is -3.62. The molecule has 0 bridgehead atoms. The van der Waals surface area contributed by atoms with E-state index < -0.39 is 5.79 Å². The van der Waals surface area contributed by atoms with Crippen molar-refractivity contribution >= 4 is 0 Å². The van der Waals surface area contributed by atoms with Crippen LogP contribution in [0.15, 0.2) is 72.8 Å². The lowest BCUT2D eigenvalue weighted by atomic mass is 9.97. The molecule has 0 saturated heterocycles. The summed E-state index contributed by atoms with van der Waals surface area (Å²) in [4.78, 5) is 0. The van der Waals surface area contributed by atoms with Gasteiger partial charge in [-0.05, 0) is 12.1 Å². The summed E-state index contributed by atoms with van der Waals surface area (Å²) in [5.74, 6) is 5.18. The second-order valence-electron chi connectivity index (χ2n) is 5.66. The van der Waals surface area contributed by atoms with E-state index in [2.05, 4.69) is 11.8 Å². The smallest absolute Gasteiger partial charge is 0.305 e. The molecule has 118 valence electrons. The lowest BCUT2D eigenvalue weighted by Crippen LogP contribution is -2.36. The Morgan fingerprint density at radius 3 is 1.36 bits per heavy atom. The van der Waals surface area contributed by atoms with Crippen LogP contribution in [-0.4, -0.2) is 0 Å². The highest BCUT2D eigenvalue weighted by Gasteiger charge is 2.47. The maximum Gasteiger partial charge on any atom is 0.305 e. The third kappa shape index (κ3) is 2.24. The van der Waals surface area contributed by atoms with Gasteiger partial charge in [-0.1, -0.05) is 72.5 Å². The maximum absolute atomic E-state index is 6.37. The lowest BCUT2D eigenvalue weighted by molar-refractivity contribution is -0.0461. The Labute approximate surface area is 147 Å². The third-order valence-corrected chi connectivity index (χ3v) is 4.22. The summed E-state index contributed by atoms with van der Waals surface area (Å²) in [7, 11) is 0. The van der Waals surface area contributed by atoms with Crippen molar-refractivity contribution in [2.24, 2.45) is 0 Å². The van der Waals surface area contributed by atoms with Gasteiger partial charge in [0.05, 0.1) is 11.1 Å². The van der Waals surface area contributed by atoms with Crippen LogP contribution in [0.5, 0.6) is 11.5 Å². The molecule has 25 heavy (non-hydrogen) atoms. The Kier molecular flexibility index (Phi) is 3.46. The van der Waals surface area contributed by atoms with Crippen LogP contribution in [0.1, 0.15) is 22.3 Å². The summed E-state index contributed by atoms with van der Waals surface area (Å²) in [6.45, 7) is 0. The molecule has 3 aromatic carbocycles. The first-order valence-corrected chi connectivity index (χ1v) is 7.88. The summed E-state index contributed by atoms with van der Waals surface area (Å²) in [5, 5.41) is 0. The first kappa shape index (κ1) is 14.9. The van der Waals surface area contributed by atoms with Crippen molar-refractivity contribution in [3.63, 3.8) is 0 Å². The number of ether oxygens (including phenoxy) is 2. The molecule has 3 aromatic rings.